The lowest BCUT2D eigenvalue weighted by atomic mass is 10.1. The molecule has 1 aromatic carbocycles. The Kier molecular flexibility index (Phi) is 7.19. The van der Waals surface area contributed by atoms with E-state index in [0.29, 0.717) is 15.8 Å². The first-order valence-electron chi connectivity index (χ1n) is 5.81. The van der Waals surface area contributed by atoms with Crippen LogP contribution in [0.25, 0.3) is 0 Å². The molecule has 0 amide bonds. The summed E-state index contributed by atoms with van der Waals surface area (Å²) in [6, 6.07) is 5.05. The third-order valence-electron chi connectivity index (χ3n) is 2.56. The van der Waals surface area contributed by atoms with Crippen LogP contribution in [0.1, 0.15) is 12.8 Å². The zero-order chi connectivity index (χ0) is 15.1. The van der Waals surface area contributed by atoms with Crippen LogP contribution in [0.2, 0.25) is 10.0 Å². The maximum Gasteiger partial charge on any atom is 0.307 e. The Morgan fingerprint density at radius 3 is 2.40 bits per heavy atom. The van der Waals surface area contributed by atoms with Crippen LogP contribution < -0.4 is 0 Å². The van der Waals surface area contributed by atoms with Crippen LogP contribution in [0.4, 0.5) is 0 Å². The number of carbonyl (C=O) groups is 2. The van der Waals surface area contributed by atoms with Gasteiger partial charge in [-0.25, -0.2) is 0 Å². The molecule has 0 aliphatic rings. The van der Waals surface area contributed by atoms with Crippen LogP contribution in [0.3, 0.4) is 0 Å². The first kappa shape index (κ1) is 17.1. The molecule has 110 valence electrons. The Bertz CT molecular complexity index is 473. The molecular formula is C13H14Cl2O4S. The van der Waals surface area contributed by atoms with Crippen LogP contribution in [0.5, 0.6) is 0 Å². The number of rotatable bonds is 7. The summed E-state index contributed by atoms with van der Waals surface area (Å²) in [4.78, 5) is 23.0. The summed E-state index contributed by atoms with van der Waals surface area (Å²) in [7, 11) is 1.28. The summed E-state index contributed by atoms with van der Waals surface area (Å²) >= 11 is 13.1. The number of benzene rings is 1. The van der Waals surface area contributed by atoms with Gasteiger partial charge in [-0.15, -0.1) is 11.8 Å². The van der Waals surface area contributed by atoms with E-state index in [1.165, 1.54) is 18.9 Å². The molecule has 0 aliphatic heterocycles. The van der Waals surface area contributed by atoms with Gasteiger partial charge < -0.3 is 9.84 Å². The summed E-state index contributed by atoms with van der Waals surface area (Å²) in [6.45, 7) is 0. The fraction of sp³-hybridized carbons (Fsp3) is 0.385. The summed E-state index contributed by atoms with van der Waals surface area (Å²) in [5.41, 5.74) is 0. The maximum absolute atomic E-state index is 11.1. The lowest BCUT2D eigenvalue weighted by molar-refractivity contribution is -0.143. The molecule has 0 fully saturated rings. The Morgan fingerprint density at radius 1 is 1.30 bits per heavy atom. The highest BCUT2D eigenvalue weighted by Gasteiger charge is 2.19. The highest BCUT2D eigenvalue weighted by molar-refractivity contribution is 7.99. The van der Waals surface area contributed by atoms with E-state index >= 15 is 0 Å². The van der Waals surface area contributed by atoms with Gasteiger partial charge in [-0.05, 0) is 24.6 Å². The predicted molar refractivity (Wildman–Crippen MR) is 79.6 cm³/mol. The number of carboxylic acid groups (broad SMARTS) is 1. The van der Waals surface area contributed by atoms with Gasteiger partial charge in [-0.1, -0.05) is 23.2 Å². The number of halogens is 2. The van der Waals surface area contributed by atoms with Gasteiger partial charge in [-0.2, -0.15) is 0 Å². The fourth-order valence-electron chi connectivity index (χ4n) is 1.48. The largest absolute Gasteiger partial charge is 0.481 e. The van der Waals surface area contributed by atoms with E-state index in [2.05, 4.69) is 4.74 Å². The summed E-state index contributed by atoms with van der Waals surface area (Å²) in [5.74, 6) is -1.64. The number of carboxylic acids is 1. The van der Waals surface area contributed by atoms with E-state index in [1.807, 2.05) is 0 Å². The number of carbonyl (C=O) groups excluding carboxylic acids is 1. The highest BCUT2D eigenvalue weighted by Crippen LogP contribution is 2.28. The molecule has 4 nitrogen and oxygen atoms in total. The van der Waals surface area contributed by atoms with Crippen molar-refractivity contribution in [1.82, 2.24) is 0 Å². The molecule has 1 unspecified atom stereocenters. The van der Waals surface area contributed by atoms with Crippen LogP contribution in [0, 0.1) is 5.92 Å². The van der Waals surface area contributed by atoms with E-state index in [-0.39, 0.29) is 12.8 Å². The van der Waals surface area contributed by atoms with Gasteiger partial charge in [0.2, 0.25) is 0 Å². The number of esters is 1. The van der Waals surface area contributed by atoms with Gasteiger partial charge in [0.05, 0.1) is 13.0 Å². The zero-order valence-electron chi connectivity index (χ0n) is 10.8. The molecule has 0 saturated carbocycles. The Labute approximate surface area is 131 Å². The molecule has 0 heterocycles. The minimum Gasteiger partial charge on any atom is -0.481 e. The SMILES string of the molecule is COC(=O)CCC(CSc1cc(Cl)cc(Cl)c1)C(=O)O. The van der Waals surface area contributed by atoms with Crippen molar-refractivity contribution in [2.75, 3.05) is 12.9 Å². The Balaban J connectivity index is 2.58. The first-order valence-corrected chi connectivity index (χ1v) is 7.55. The molecular weight excluding hydrogens is 323 g/mol. The van der Waals surface area contributed by atoms with Crippen molar-refractivity contribution in [3.8, 4) is 0 Å². The lowest BCUT2D eigenvalue weighted by Gasteiger charge is -2.11. The number of hydrogen-bond donors (Lipinski definition) is 1. The van der Waals surface area contributed by atoms with E-state index in [1.54, 1.807) is 18.2 Å². The molecule has 0 spiro atoms. The molecule has 1 aromatic rings. The monoisotopic (exact) mass is 336 g/mol. The van der Waals surface area contributed by atoms with Crippen LogP contribution in [0.15, 0.2) is 23.1 Å². The van der Waals surface area contributed by atoms with Crippen molar-refractivity contribution < 1.29 is 19.4 Å². The molecule has 0 bridgehead atoms. The third-order valence-corrected chi connectivity index (χ3v) is 4.14. The number of hydrogen-bond acceptors (Lipinski definition) is 4. The molecule has 7 heteroatoms. The molecule has 0 radical (unpaired) electrons. The summed E-state index contributed by atoms with van der Waals surface area (Å²) < 4.78 is 4.50. The second-order valence-corrected chi connectivity index (χ2v) is 6.03. The summed E-state index contributed by atoms with van der Waals surface area (Å²) in [6.07, 6.45) is 0.327. The van der Waals surface area contributed by atoms with Gasteiger partial charge in [0, 0.05) is 27.1 Å². The third kappa shape index (κ3) is 6.03. The van der Waals surface area contributed by atoms with E-state index < -0.39 is 17.9 Å². The van der Waals surface area contributed by atoms with Crippen molar-refractivity contribution in [2.45, 2.75) is 17.7 Å². The van der Waals surface area contributed by atoms with E-state index in [4.69, 9.17) is 28.3 Å². The second-order valence-electron chi connectivity index (χ2n) is 4.07. The molecule has 1 rings (SSSR count). The maximum atomic E-state index is 11.1. The predicted octanol–water partition coefficient (Wildman–Crippen LogP) is 3.74. The fourth-order valence-corrected chi connectivity index (χ4v) is 3.26. The highest BCUT2D eigenvalue weighted by atomic mass is 35.5. The van der Waals surface area contributed by atoms with Gasteiger partial charge in [0.25, 0.3) is 0 Å². The zero-order valence-corrected chi connectivity index (χ0v) is 13.1. The van der Waals surface area contributed by atoms with Gasteiger partial charge in [0.15, 0.2) is 0 Å². The standard InChI is InChI=1S/C13H14Cl2O4S/c1-19-12(16)3-2-8(13(17)18)7-20-11-5-9(14)4-10(15)6-11/h4-6,8H,2-3,7H2,1H3,(H,17,18). The van der Waals surface area contributed by atoms with Crippen LogP contribution >= 0.6 is 35.0 Å². The number of ether oxygens (including phenoxy) is 1. The van der Waals surface area contributed by atoms with E-state index in [0.717, 1.165) is 4.90 Å². The topological polar surface area (TPSA) is 63.6 Å². The van der Waals surface area contributed by atoms with Crippen molar-refractivity contribution in [2.24, 2.45) is 5.92 Å². The lowest BCUT2D eigenvalue weighted by Crippen LogP contribution is -2.18. The molecule has 1 atom stereocenters. The molecule has 0 saturated heterocycles. The number of thioether (sulfide) groups is 1. The summed E-state index contributed by atoms with van der Waals surface area (Å²) in [5, 5.41) is 10.1. The first-order chi connectivity index (χ1) is 9.42. The van der Waals surface area contributed by atoms with Gasteiger partial charge in [-0.3, -0.25) is 9.59 Å². The quantitative estimate of drug-likeness (QED) is 0.607. The second kappa shape index (κ2) is 8.39. The average Bonchev–Trinajstić information content (AvgIpc) is 2.36. The normalized spacial score (nSPS) is 11.9. The Morgan fingerprint density at radius 2 is 1.90 bits per heavy atom. The number of aliphatic carboxylic acids is 1. The smallest absolute Gasteiger partial charge is 0.307 e. The molecule has 1 N–H and O–H groups in total. The van der Waals surface area contributed by atoms with Crippen molar-refractivity contribution in [1.29, 1.82) is 0 Å². The molecule has 0 aliphatic carbocycles. The van der Waals surface area contributed by atoms with Gasteiger partial charge in [0.1, 0.15) is 0 Å². The average molecular weight is 337 g/mol. The van der Waals surface area contributed by atoms with Crippen molar-refractivity contribution in [3.63, 3.8) is 0 Å². The van der Waals surface area contributed by atoms with Gasteiger partial charge >= 0.3 is 11.9 Å². The Hall–Kier alpha value is -0.910. The van der Waals surface area contributed by atoms with Crippen molar-refractivity contribution in [3.05, 3.63) is 28.2 Å². The van der Waals surface area contributed by atoms with Crippen molar-refractivity contribution >= 4 is 46.9 Å². The molecule has 20 heavy (non-hydrogen) atoms. The minimum atomic E-state index is -0.936. The number of methoxy groups -OCH3 is 1. The minimum absolute atomic E-state index is 0.0876. The van der Waals surface area contributed by atoms with Crippen LogP contribution in [-0.4, -0.2) is 29.9 Å². The van der Waals surface area contributed by atoms with Crippen LogP contribution in [-0.2, 0) is 14.3 Å². The molecule has 0 aromatic heterocycles. The van der Waals surface area contributed by atoms with E-state index in [9.17, 15) is 9.59 Å².